The third-order valence-corrected chi connectivity index (χ3v) is 8.35. The van der Waals surface area contributed by atoms with Gasteiger partial charge in [0, 0.05) is 17.7 Å². The molecular formula is C29H25N3O5S. The van der Waals surface area contributed by atoms with Crippen LogP contribution in [-0.2, 0) is 16.4 Å². The second-order valence-corrected chi connectivity index (χ2v) is 10.7. The number of fused-ring (bicyclic) bond motifs is 1. The minimum absolute atomic E-state index is 0.0974. The standard InChI is InChI=1S/C29H25N3O5S/c30-27(20-7-2-1-3-8-20)22-12-15-25(24(18-22)29(34)35)31-28(33)21-10-13-23(14-11-21)38(36,37)32-17-16-19-6-4-5-9-26(19)32/h1-15,18,28,30-31,33H,16-17H2,(H,34,35). The maximum Gasteiger partial charge on any atom is 0.337 e. The zero-order valence-corrected chi connectivity index (χ0v) is 21.0. The highest BCUT2D eigenvalue weighted by atomic mass is 32.2. The van der Waals surface area contributed by atoms with E-state index in [9.17, 15) is 23.4 Å². The van der Waals surface area contributed by atoms with Crippen LogP contribution in [0.1, 0.15) is 38.8 Å². The number of para-hydroxylation sites is 1. The first kappa shape index (κ1) is 25.2. The molecule has 0 radical (unpaired) electrons. The van der Waals surface area contributed by atoms with Crippen molar-refractivity contribution in [2.75, 3.05) is 16.2 Å². The van der Waals surface area contributed by atoms with Gasteiger partial charge in [0.15, 0.2) is 6.23 Å². The summed E-state index contributed by atoms with van der Waals surface area (Å²) in [5.41, 5.74) is 3.33. The Hall–Kier alpha value is -4.47. The smallest absolute Gasteiger partial charge is 0.337 e. The van der Waals surface area contributed by atoms with Crippen LogP contribution in [0.5, 0.6) is 0 Å². The minimum atomic E-state index is -3.77. The number of benzene rings is 4. The second kappa shape index (κ2) is 10.1. The summed E-state index contributed by atoms with van der Waals surface area (Å²) < 4.78 is 27.9. The van der Waals surface area contributed by atoms with Gasteiger partial charge in [-0.1, -0.05) is 66.7 Å². The van der Waals surface area contributed by atoms with E-state index in [4.69, 9.17) is 5.41 Å². The highest BCUT2D eigenvalue weighted by Crippen LogP contribution is 2.33. The van der Waals surface area contributed by atoms with Crippen LogP contribution in [0.15, 0.2) is 102 Å². The Morgan fingerprint density at radius 1 is 0.895 bits per heavy atom. The number of carbonyl (C=O) groups is 1. The minimum Gasteiger partial charge on any atom is -0.478 e. The van der Waals surface area contributed by atoms with E-state index in [1.807, 2.05) is 18.2 Å². The van der Waals surface area contributed by atoms with Gasteiger partial charge in [-0.3, -0.25) is 9.71 Å². The molecule has 5 rings (SSSR count). The molecule has 1 atom stereocenters. The zero-order valence-electron chi connectivity index (χ0n) is 20.2. The van der Waals surface area contributed by atoms with Gasteiger partial charge in [0.05, 0.1) is 27.5 Å². The lowest BCUT2D eigenvalue weighted by Gasteiger charge is -2.20. The van der Waals surface area contributed by atoms with Crippen molar-refractivity contribution < 1.29 is 23.4 Å². The van der Waals surface area contributed by atoms with E-state index in [2.05, 4.69) is 5.32 Å². The molecule has 1 aliphatic rings. The molecule has 9 heteroatoms. The molecule has 38 heavy (non-hydrogen) atoms. The molecule has 0 saturated heterocycles. The van der Waals surface area contributed by atoms with Gasteiger partial charge < -0.3 is 15.5 Å². The fraction of sp³-hybridized carbons (Fsp3) is 0.103. The van der Waals surface area contributed by atoms with Crippen LogP contribution in [0.3, 0.4) is 0 Å². The van der Waals surface area contributed by atoms with Gasteiger partial charge in [0.1, 0.15) is 0 Å². The van der Waals surface area contributed by atoms with E-state index in [-0.39, 0.29) is 21.9 Å². The van der Waals surface area contributed by atoms with Crippen molar-refractivity contribution in [3.05, 3.63) is 125 Å². The van der Waals surface area contributed by atoms with Crippen molar-refractivity contribution in [1.82, 2.24) is 0 Å². The highest BCUT2D eigenvalue weighted by Gasteiger charge is 2.30. The lowest BCUT2D eigenvalue weighted by atomic mass is 9.99. The number of anilines is 2. The Morgan fingerprint density at radius 2 is 1.58 bits per heavy atom. The number of hydrogen-bond donors (Lipinski definition) is 4. The molecule has 8 nitrogen and oxygen atoms in total. The zero-order chi connectivity index (χ0) is 26.9. The Bertz CT molecular complexity index is 1620. The highest BCUT2D eigenvalue weighted by molar-refractivity contribution is 7.92. The molecule has 192 valence electrons. The quantitative estimate of drug-likeness (QED) is 0.195. The van der Waals surface area contributed by atoms with Crippen LogP contribution in [0.25, 0.3) is 0 Å². The molecule has 0 aliphatic carbocycles. The normalized spacial score (nSPS) is 13.6. The van der Waals surface area contributed by atoms with Crippen LogP contribution in [0.4, 0.5) is 11.4 Å². The van der Waals surface area contributed by atoms with Gasteiger partial charge in [-0.15, -0.1) is 0 Å². The summed E-state index contributed by atoms with van der Waals surface area (Å²) >= 11 is 0. The molecule has 1 aliphatic heterocycles. The first-order valence-electron chi connectivity index (χ1n) is 11.9. The molecule has 4 aromatic rings. The SMILES string of the molecule is N=C(c1ccccc1)c1ccc(NC(O)c2ccc(S(=O)(=O)N3CCc4ccccc43)cc2)c(C(=O)O)c1. The largest absolute Gasteiger partial charge is 0.478 e. The molecule has 0 saturated carbocycles. The lowest BCUT2D eigenvalue weighted by Crippen LogP contribution is -2.29. The molecule has 0 bridgehead atoms. The first-order valence-corrected chi connectivity index (χ1v) is 13.4. The average Bonchev–Trinajstić information content (AvgIpc) is 3.38. The number of rotatable bonds is 8. The van der Waals surface area contributed by atoms with Crippen molar-refractivity contribution in [3.8, 4) is 0 Å². The van der Waals surface area contributed by atoms with Crippen LogP contribution in [0.2, 0.25) is 0 Å². The van der Waals surface area contributed by atoms with E-state index >= 15 is 0 Å². The van der Waals surface area contributed by atoms with Gasteiger partial charge in [-0.2, -0.15) is 0 Å². The topological polar surface area (TPSA) is 131 Å². The average molecular weight is 528 g/mol. The number of carboxylic acids is 1. The number of nitrogens with one attached hydrogen (secondary N) is 2. The predicted molar refractivity (Wildman–Crippen MR) is 145 cm³/mol. The van der Waals surface area contributed by atoms with E-state index in [1.165, 1.54) is 40.7 Å². The Balaban J connectivity index is 1.35. The van der Waals surface area contributed by atoms with Crippen LogP contribution in [0, 0.1) is 5.41 Å². The summed E-state index contributed by atoms with van der Waals surface area (Å²) in [6.45, 7) is 0.364. The van der Waals surface area contributed by atoms with E-state index in [0.717, 1.165) is 5.56 Å². The Kier molecular flexibility index (Phi) is 6.71. The van der Waals surface area contributed by atoms with Crippen molar-refractivity contribution >= 4 is 33.1 Å². The summed E-state index contributed by atoms with van der Waals surface area (Å²) in [6, 6.07) is 26.7. The fourth-order valence-corrected chi connectivity index (χ4v) is 6.01. The number of sulfonamides is 1. The predicted octanol–water partition coefficient (Wildman–Crippen LogP) is 4.66. The molecule has 0 amide bonds. The number of aliphatic hydroxyl groups excluding tert-OH is 1. The van der Waals surface area contributed by atoms with Crippen LogP contribution >= 0.6 is 0 Å². The summed E-state index contributed by atoms with van der Waals surface area (Å²) in [6.07, 6.45) is -0.650. The van der Waals surface area contributed by atoms with E-state index in [0.29, 0.717) is 35.3 Å². The summed E-state index contributed by atoms with van der Waals surface area (Å²) in [7, 11) is -3.77. The van der Waals surface area contributed by atoms with Gasteiger partial charge in [-0.05, 0) is 47.9 Å². The Labute approximate surface area is 220 Å². The fourth-order valence-electron chi connectivity index (χ4n) is 4.51. The van der Waals surface area contributed by atoms with Gasteiger partial charge in [0.2, 0.25) is 0 Å². The van der Waals surface area contributed by atoms with Crippen molar-refractivity contribution in [2.45, 2.75) is 17.5 Å². The summed E-state index contributed by atoms with van der Waals surface area (Å²) in [5.74, 6) is -1.21. The third-order valence-electron chi connectivity index (χ3n) is 6.52. The number of hydrogen-bond acceptors (Lipinski definition) is 6. The van der Waals surface area contributed by atoms with Gasteiger partial charge in [-0.25, -0.2) is 13.2 Å². The summed E-state index contributed by atoms with van der Waals surface area (Å²) in [4.78, 5) is 12.1. The lowest BCUT2D eigenvalue weighted by molar-refractivity contribution is 0.0697. The van der Waals surface area contributed by atoms with Gasteiger partial charge >= 0.3 is 5.97 Å². The van der Waals surface area contributed by atoms with E-state index < -0.39 is 22.2 Å². The molecule has 0 aromatic heterocycles. The number of nitrogens with zero attached hydrogens (tertiary/aromatic N) is 1. The van der Waals surface area contributed by atoms with Crippen LogP contribution < -0.4 is 9.62 Å². The van der Waals surface area contributed by atoms with Crippen molar-refractivity contribution in [3.63, 3.8) is 0 Å². The molecule has 1 unspecified atom stereocenters. The second-order valence-electron chi connectivity index (χ2n) is 8.88. The number of aromatic carboxylic acids is 1. The molecular weight excluding hydrogens is 502 g/mol. The monoisotopic (exact) mass is 527 g/mol. The molecule has 4 aromatic carbocycles. The number of carboxylic acid groups (broad SMARTS) is 1. The third kappa shape index (κ3) is 4.77. The van der Waals surface area contributed by atoms with Crippen molar-refractivity contribution in [1.29, 1.82) is 5.41 Å². The van der Waals surface area contributed by atoms with Gasteiger partial charge in [0.25, 0.3) is 10.0 Å². The Morgan fingerprint density at radius 3 is 2.29 bits per heavy atom. The van der Waals surface area contributed by atoms with E-state index in [1.54, 1.807) is 42.5 Å². The van der Waals surface area contributed by atoms with Crippen LogP contribution in [-0.4, -0.2) is 36.9 Å². The first-order chi connectivity index (χ1) is 18.3. The van der Waals surface area contributed by atoms with Crippen molar-refractivity contribution in [2.24, 2.45) is 0 Å². The molecule has 0 spiro atoms. The maximum atomic E-state index is 13.2. The number of aliphatic hydroxyl groups is 1. The molecule has 4 N–H and O–H groups in total. The molecule has 1 heterocycles. The summed E-state index contributed by atoms with van der Waals surface area (Å²) in [5, 5.41) is 31.7. The molecule has 0 fully saturated rings. The maximum absolute atomic E-state index is 13.2.